The number of alkyl halides is 3. The van der Waals surface area contributed by atoms with Crippen LogP contribution in [-0.4, -0.2) is 24.7 Å². The molecular formula is C17H17F3N2O. The largest absolute Gasteiger partial charge is 0.433 e. The normalized spacial score (nSPS) is 19.0. The van der Waals surface area contributed by atoms with Crippen molar-refractivity contribution in [2.24, 2.45) is 0 Å². The number of halogens is 3. The first-order valence-corrected chi connectivity index (χ1v) is 7.41. The van der Waals surface area contributed by atoms with Crippen LogP contribution in [0.5, 0.6) is 0 Å². The SMILES string of the molecule is Cc1ccccc1C1CN(c2cccc(C(F)(F)F)n2)CCO1. The molecule has 1 atom stereocenters. The van der Waals surface area contributed by atoms with Gasteiger partial charge in [-0.2, -0.15) is 13.2 Å². The Hall–Kier alpha value is -2.08. The minimum atomic E-state index is -4.43. The Morgan fingerprint density at radius 3 is 2.65 bits per heavy atom. The minimum Gasteiger partial charge on any atom is -0.370 e. The number of hydrogen-bond donors (Lipinski definition) is 0. The zero-order valence-corrected chi connectivity index (χ0v) is 12.7. The van der Waals surface area contributed by atoms with E-state index in [1.54, 1.807) is 6.07 Å². The molecule has 23 heavy (non-hydrogen) atoms. The van der Waals surface area contributed by atoms with Gasteiger partial charge in [-0.1, -0.05) is 30.3 Å². The van der Waals surface area contributed by atoms with Crippen LogP contribution in [-0.2, 0) is 10.9 Å². The van der Waals surface area contributed by atoms with Crippen molar-refractivity contribution < 1.29 is 17.9 Å². The van der Waals surface area contributed by atoms with Crippen LogP contribution in [0.2, 0.25) is 0 Å². The molecule has 1 aliphatic rings. The first kappa shape index (κ1) is 15.8. The molecule has 3 nitrogen and oxygen atoms in total. The second-order valence-electron chi connectivity index (χ2n) is 5.54. The molecule has 1 aromatic heterocycles. The monoisotopic (exact) mass is 322 g/mol. The average molecular weight is 322 g/mol. The molecule has 1 fully saturated rings. The van der Waals surface area contributed by atoms with Crippen LogP contribution in [0, 0.1) is 6.92 Å². The first-order chi connectivity index (χ1) is 10.9. The summed E-state index contributed by atoms with van der Waals surface area (Å²) in [7, 11) is 0. The summed E-state index contributed by atoms with van der Waals surface area (Å²) < 4.78 is 44.3. The Labute approximate surface area is 132 Å². The van der Waals surface area contributed by atoms with Crippen molar-refractivity contribution in [3.05, 3.63) is 59.3 Å². The molecule has 6 heteroatoms. The molecular weight excluding hydrogens is 305 g/mol. The lowest BCUT2D eigenvalue weighted by atomic mass is 10.0. The fraction of sp³-hybridized carbons (Fsp3) is 0.353. The molecule has 1 aliphatic heterocycles. The highest BCUT2D eigenvalue weighted by atomic mass is 19.4. The lowest BCUT2D eigenvalue weighted by Gasteiger charge is -2.34. The van der Waals surface area contributed by atoms with E-state index in [2.05, 4.69) is 4.98 Å². The fourth-order valence-corrected chi connectivity index (χ4v) is 2.75. The summed E-state index contributed by atoms with van der Waals surface area (Å²) in [6.07, 6.45) is -4.60. The van der Waals surface area contributed by atoms with Crippen LogP contribution < -0.4 is 4.90 Å². The van der Waals surface area contributed by atoms with Gasteiger partial charge in [-0.15, -0.1) is 0 Å². The summed E-state index contributed by atoms with van der Waals surface area (Å²) in [5.41, 5.74) is 1.30. The average Bonchev–Trinajstić information content (AvgIpc) is 2.55. The van der Waals surface area contributed by atoms with Crippen molar-refractivity contribution in [1.82, 2.24) is 4.98 Å². The molecule has 122 valence electrons. The smallest absolute Gasteiger partial charge is 0.370 e. The molecule has 0 spiro atoms. The molecule has 0 radical (unpaired) electrons. The van der Waals surface area contributed by atoms with Gasteiger partial charge < -0.3 is 9.64 Å². The summed E-state index contributed by atoms with van der Waals surface area (Å²) in [6, 6.07) is 11.9. The van der Waals surface area contributed by atoms with Gasteiger partial charge >= 0.3 is 6.18 Å². The lowest BCUT2D eigenvalue weighted by molar-refractivity contribution is -0.141. The third-order valence-electron chi connectivity index (χ3n) is 3.95. The molecule has 3 rings (SSSR count). The van der Waals surface area contributed by atoms with E-state index in [1.165, 1.54) is 6.07 Å². The number of pyridine rings is 1. The number of anilines is 1. The topological polar surface area (TPSA) is 25.4 Å². The second kappa shape index (κ2) is 6.20. The van der Waals surface area contributed by atoms with Gasteiger partial charge in [-0.3, -0.25) is 0 Å². The molecule has 0 saturated carbocycles. The highest BCUT2D eigenvalue weighted by molar-refractivity contribution is 5.41. The number of hydrogen-bond acceptors (Lipinski definition) is 3. The highest BCUT2D eigenvalue weighted by Crippen LogP contribution is 2.31. The molecule has 2 aromatic rings. The van der Waals surface area contributed by atoms with E-state index in [1.807, 2.05) is 36.1 Å². The Kier molecular flexibility index (Phi) is 4.26. The summed E-state index contributed by atoms with van der Waals surface area (Å²) in [5, 5.41) is 0. The van der Waals surface area contributed by atoms with E-state index >= 15 is 0 Å². The van der Waals surface area contributed by atoms with Crippen LogP contribution in [0.4, 0.5) is 19.0 Å². The molecule has 1 aromatic carbocycles. The summed E-state index contributed by atoms with van der Waals surface area (Å²) in [4.78, 5) is 5.61. The third kappa shape index (κ3) is 3.47. The zero-order valence-electron chi connectivity index (χ0n) is 12.7. The van der Waals surface area contributed by atoms with Gasteiger partial charge in [0, 0.05) is 13.1 Å². The van der Waals surface area contributed by atoms with Gasteiger partial charge in [0.1, 0.15) is 17.6 Å². The van der Waals surface area contributed by atoms with E-state index in [0.717, 1.165) is 17.2 Å². The number of nitrogens with zero attached hydrogens (tertiary/aromatic N) is 2. The van der Waals surface area contributed by atoms with Crippen molar-refractivity contribution in [3.8, 4) is 0 Å². The highest BCUT2D eigenvalue weighted by Gasteiger charge is 2.33. The maximum absolute atomic E-state index is 12.8. The molecule has 1 saturated heterocycles. The van der Waals surface area contributed by atoms with Gasteiger partial charge in [0.05, 0.1) is 6.61 Å². The molecule has 0 N–H and O–H groups in total. The van der Waals surface area contributed by atoms with Crippen molar-refractivity contribution in [2.45, 2.75) is 19.2 Å². The van der Waals surface area contributed by atoms with Crippen LogP contribution in [0.15, 0.2) is 42.5 Å². The van der Waals surface area contributed by atoms with E-state index in [9.17, 15) is 13.2 Å². The minimum absolute atomic E-state index is 0.165. The summed E-state index contributed by atoms with van der Waals surface area (Å²) in [6.45, 7) is 3.47. The molecule has 2 heterocycles. The van der Waals surface area contributed by atoms with E-state index < -0.39 is 11.9 Å². The third-order valence-corrected chi connectivity index (χ3v) is 3.95. The van der Waals surface area contributed by atoms with Crippen LogP contribution in [0.1, 0.15) is 22.9 Å². The molecule has 0 bridgehead atoms. The van der Waals surface area contributed by atoms with Gasteiger partial charge in [0.15, 0.2) is 0 Å². The summed E-state index contributed by atoms with van der Waals surface area (Å²) >= 11 is 0. The van der Waals surface area contributed by atoms with Gasteiger partial charge in [0.2, 0.25) is 0 Å². The molecule has 0 aliphatic carbocycles. The fourth-order valence-electron chi connectivity index (χ4n) is 2.75. The Morgan fingerprint density at radius 1 is 1.13 bits per heavy atom. The van der Waals surface area contributed by atoms with Crippen LogP contribution in [0.3, 0.4) is 0 Å². The van der Waals surface area contributed by atoms with Gasteiger partial charge in [-0.05, 0) is 30.2 Å². The van der Waals surface area contributed by atoms with E-state index in [-0.39, 0.29) is 6.10 Å². The zero-order chi connectivity index (χ0) is 16.4. The predicted molar refractivity (Wildman–Crippen MR) is 81.3 cm³/mol. The second-order valence-corrected chi connectivity index (χ2v) is 5.54. The maximum atomic E-state index is 12.8. The van der Waals surface area contributed by atoms with Crippen LogP contribution in [0.25, 0.3) is 0 Å². The molecule has 0 amide bonds. The standard InChI is InChI=1S/C17H17F3N2O/c1-12-5-2-3-6-13(12)14-11-22(9-10-23-14)16-8-4-7-15(21-16)17(18,19)20/h2-8,14H,9-11H2,1H3. The number of ether oxygens (including phenoxy) is 1. The van der Waals surface area contributed by atoms with E-state index in [4.69, 9.17) is 4.74 Å². The summed E-state index contributed by atoms with van der Waals surface area (Å²) in [5.74, 6) is 0.335. The molecule has 1 unspecified atom stereocenters. The number of rotatable bonds is 2. The van der Waals surface area contributed by atoms with Crippen molar-refractivity contribution in [2.75, 3.05) is 24.6 Å². The first-order valence-electron chi connectivity index (χ1n) is 7.41. The Balaban J connectivity index is 1.83. The number of morpholine rings is 1. The lowest BCUT2D eigenvalue weighted by Crippen LogP contribution is -2.39. The predicted octanol–water partition coefficient (Wildman–Crippen LogP) is 3.99. The number of benzene rings is 1. The van der Waals surface area contributed by atoms with Crippen molar-refractivity contribution in [1.29, 1.82) is 0 Å². The van der Waals surface area contributed by atoms with Crippen LogP contribution >= 0.6 is 0 Å². The Bertz CT molecular complexity index is 688. The van der Waals surface area contributed by atoms with E-state index in [0.29, 0.717) is 25.5 Å². The number of aryl methyl sites for hydroxylation is 1. The quantitative estimate of drug-likeness (QED) is 0.836. The maximum Gasteiger partial charge on any atom is 0.433 e. The number of aromatic nitrogens is 1. The Morgan fingerprint density at radius 2 is 1.91 bits per heavy atom. The van der Waals surface area contributed by atoms with Crippen molar-refractivity contribution in [3.63, 3.8) is 0 Å². The van der Waals surface area contributed by atoms with Gasteiger partial charge in [-0.25, -0.2) is 4.98 Å². The van der Waals surface area contributed by atoms with Crippen molar-refractivity contribution >= 4 is 5.82 Å². The van der Waals surface area contributed by atoms with Gasteiger partial charge in [0.25, 0.3) is 0 Å².